The summed E-state index contributed by atoms with van der Waals surface area (Å²) in [5, 5.41) is 0. The minimum Gasteiger partial charge on any atom is -0.289 e. The molecular weight excluding hydrogens is 215 g/mol. The predicted octanol–water partition coefficient (Wildman–Crippen LogP) is 4.54. The van der Waals surface area contributed by atoms with Gasteiger partial charge in [-0.05, 0) is 43.2 Å². The number of carbonyl (C=O) groups is 1. The van der Waals surface area contributed by atoms with E-state index in [2.05, 4.69) is 6.92 Å². The van der Waals surface area contributed by atoms with Crippen molar-refractivity contribution in [1.82, 2.24) is 0 Å². The van der Waals surface area contributed by atoms with E-state index < -0.39 is 0 Å². The number of benzene rings is 1. The molecule has 1 aromatic carbocycles. The number of rotatable bonds is 7. The summed E-state index contributed by atoms with van der Waals surface area (Å²) in [6.07, 6.45) is 9.23. The van der Waals surface area contributed by atoms with Crippen LogP contribution in [-0.2, 0) is 0 Å². The van der Waals surface area contributed by atoms with Gasteiger partial charge >= 0.3 is 0 Å². The zero-order valence-corrected chi connectivity index (χ0v) is 10.3. The van der Waals surface area contributed by atoms with Crippen LogP contribution in [0.3, 0.4) is 0 Å². The molecule has 0 radical (unpaired) electrons. The zero-order valence-electron chi connectivity index (χ0n) is 10.3. The van der Waals surface area contributed by atoms with Crippen molar-refractivity contribution in [2.75, 3.05) is 0 Å². The molecule has 0 spiro atoms. The highest BCUT2D eigenvalue weighted by Gasteiger charge is 2.00. The van der Waals surface area contributed by atoms with E-state index in [4.69, 9.17) is 0 Å². The first-order chi connectivity index (χ1) is 8.24. The largest absolute Gasteiger partial charge is 0.289 e. The van der Waals surface area contributed by atoms with Crippen LogP contribution in [0.25, 0.3) is 0 Å². The van der Waals surface area contributed by atoms with Crippen molar-refractivity contribution in [3.8, 4) is 0 Å². The van der Waals surface area contributed by atoms with Crippen molar-refractivity contribution in [3.05, 3.63) is 47.8 Å². The average Bonchev–Trinajstić information content (AvgIpc) is 2.34. The number of halogens is 1. The van der Waals surface area contributed by atoms with Gasteiger partial charge in [0.15, 0.2) is 5.78 Å². The second-order valence-electron chi connectivity index (χ2n) is 4.12. The fourth-order valence-electron chi connectivity index (χ4n) is 1.59. The average molecular weight is 234 g/mol. The molecule has 0 saturated carbocycles. The number of allylic oxidation sites excluding steroid dienone is 2. The molecule has 0 aliphatic carbocycles. The van der Waals surface area contributed by atoms with Gasteiger partial charge < -0.3 is 0 Å². The third kappa shape index (κ3) is 5.43. The fraction of sp³-hybridized carbons (Fsp3) is 0.400. The molecule has 0 atom stereocenters. The Morgan fingerprint density at radius 1 is 1.18 bits per heavy atom. The van der Waals surface area contributed by atoms with Crippen LogP contribution in [0.2, 0.25) is 0 Å². The molecule has 0 aliphatic heterocycles. The molecule has 0 N–H and O–H groups in total. The summed E-state index contributed by atoms with van der Waals surface area (Å²) in [4.78, 5) is 11.6. The molecule has 1 aromatic rings. The summed E-state index contributed by atoms with van der Waals surface area (Å²) in [5.74, 6) is -0.370. The molecule has 1 nitrogen and oxygen atoms in total. The second kappa shape index (κ2) is 7.77. The lowest BCUT2D eigenvalue weighted by Gasteiger charge is -1.96. The van der Waals surface area contributed by atoms with E-state index in [1.807, 2.05) is 6.08 Å². The van der Waals surface area contributed by atoms with Crippen LogP contribution in [0.5, 0.6) is 0 Å². The van der Waals surface area contributed by atoms with Crippen LogP contribution in [0.15, 0.2) is 36.4 Å². The summed E-state index contributed by atoms with van der Waals surface area (Å²) >= 11 is 0. The highest BCUT2D eigenvalue weighted by molar-refractivity contribution is 6.04. The molecular formula is C15H19FO. The molecule has 0 aromatic heterocycles. The maximum atomic E-state index is 12.6. The van der Waals surface area contributed by atoms with Gasteiger partial charge in [-0.3, -0.25) is 4.79 Å². The van der Waals surface area contributed by atoms with Gasteiger partial charge in [0.2, 0.25) is 0 Å². The van der Waals surface area contributed by atoms with Gasteiger partial charge in [0.05, 0.1) is 0 Å². The molecule has 0 fully saturated rings. The topological polar surface area (TPSA) is 17.1 Å². The first-order valence-corrected chi connectivity index (χ1v) is 6.20. The van der Waals surface area contributed by atoms with Crippen LogP contribution >= 0.6 is 0 Å². The molecule has 0 amide bonds. The molecule has 0 saturated heterocycles. The third-order valence-electron chi connectivity index (χ3n) is 2.62. The van der Waals surface area contributed by atoms with Gasteiger partial charge in [-0.1, -0.05) is 32.3 Å². The Hall–Kier alpha value is -1.44. The molecule has 92 valence electrons. The van der Waals surface area contributed by atoms with Crippen molar-refractivity contribution >= 4 is 5.78 Å². The quantitative estimate of drug-likeness (QED) is 0.384. The molecule has 0 unspecified atom stereocenters. The molecule has 0 heterocycles. The fourth-order valence-corrected chi connectivity index (χ4v) is 1.59. The molecule has 0 aliphatic rings. The van der Waals surface area contributed by atoms with Gasteiger partial charge in [0.1, 0.15) is 5.82 Å². The Kier molecular flexibility index (Phi) is 6.23. The monoisotopic (exact) mass is 234 g/mol. The van der Waals surface area contributed by atoms with E-state index in [-0.39, 0.29) is 11.6 Å². The first-order valence-electron chi connectivity index (χ1n) is 6.20. The summed E-state index contributed by atoms with van der Waals surface area (Å²) in [5.41, 5.74) is 0.538. The van der Waals surface area contributed by atoms with Crippen molar-refractivity contribution in [2.24, 2.45) is 0 Å². The highest BCUT2D eigenvalue weighted by atomic mass is 19.1. The minimum atomic E-state index is -0.315. The second-order valence-corrected chi connectivity index (χ2v) is 4.12. The van der Waals surface area contributed by atoms with E-state index in [0.29, 0.717) is 5.56 Å². The lowest BCUT2D eigenvalue weighted by atomic mass is 10.1. The van der Waals surface area contributed by atoms with Crippen LogP contribution < -0.4 is 0 Å². The van der Waals surface area contributed by atoms with Gasteiger partial charge in [-0.2, -0.15) is 0 Å². The minimum absolute atomic E-state index is 0.0551. The molecule has 17 heavy (non-hydrogen) atoms. The maximum absolute atomic E-state index is 12.6. The lowest BCUT2D eigenvalue weighted by Crippen LogP contribution is -1.93. The van der Waals surface area contributed by atoms with Gasteiger partial charge in [-0.15, -0.1) is 0 Å². The Morgan fingerprint density at radius 3 is 2.53 bits per heavy atom. The summed E-state index contributed by atoms with van der Waals surface area (Å²) in [6.45, 7) is 2.17. The van der Waals surface area contributed by atoms with E-state index in [0.717, 1.165) is 12.8 Å². The Bertz CT molecular complexity index is 365. The van der Waals surface area contributed by atoms with Gasteiger partial charge in [0, 0.05) is 5.56 Å². The third-order valence-corrected chi connectivity index (χ3v) is 2.62. The summed E-state index contributed by atoms with van der Waals surface area (Å²) < 4.78 is 12.6. The van der Waals surface area contributed by atoms with Crippen LogP contribution in [0.4, 0.5) is 4.39 Å². The smallest absolute Gasteiger partial charge is 0.185 e. The van der Waals surface area contributed by atoms with Crippen molar-refractivity contribution in [1.29, 1.82) is 0 Å². The number of carbonyl (C=O) groups excluding carboxylic acids is 1. The normalized spacial score (nSPS) is 10.9. The SMILES string of the molecule is CCCCCCC=CC(=O)c1ccc(F)cc1. The Morgan fingerprint density at radius 2 is 1.88 bits per heavy atom. The van der Waals surface area contributed by atoms with Gasteiger partial charge in [-0.25, -0.2) is 4.39 Å². The standard InChI is InChI=1S/C15H19FO/c1-2-3-4-5-6-7-8-15(17)13-9-11-14(16)12-10-13/h7-12H,2-6H2,1H3. The van der Waals surface area contributed by atoms with E-state index in [1.165, 1.54) is 43.5 Å². The number of hydrogen-bond acceptors (Lipinski definition) is 1. The van der Waals surface area contributed by atoms with Crippen molar-refractivity contribution in [2.45, 2.75) is 39.0 Å². The predicted molar refractivity (Wildman–Crippen MR) is 68.6 cm³/mol. The maximum Gasteiger partial charge on any atom is 0.185 e. The molecule has 0 bridgehead atoms. The number of hydrogen-bond donors (Lipinski definition) is 0. The lowest BCUT2D eigenvalue weighted by molar-refractivity contribution is 0.104. The van der Waals surface area contributed by atoms with Crippen LogP contribution in [-0.4, -0.2) is 5.78 Å². The molecule has 1 rings (SSSR count). The first kappa shape index (κ1) is 13.6. The van der Waals surface area contributed by atoms with Gasteiger partial charge in [0.25, 0.3) is 0 Å². The number of ketones is 1. The summed E-state index contributed by atoms with van der Waals surface area (Å²) in [6, 6.07) is 5.64. The van der Waals surface area contributed by atoms with E-state index in [1.54, 1.807) is 6.08 Å². The summed E-state index contributed by atoms with van der Waals surface area (Å²) in [7, 11) is 0. The van der Waals surface area contributed by atoms with Crippen LogP contribution in [0.1, 0.15) is 49.4 Å². The van der Waals surface area contributed by atoms with Crippen LogP contribution in [0, 0.1) is 5.82 Å². The highest BCUT2D eigenvalue weighted by Crippen LogP contribution is 2.06. The van der Waals surface area contributed by atoms with E-state index in [9.17, 15) is 9.18 Å². The van der Waals surface area contributed by atoms with E-state index >= 15 is 0 Å². The van der Waals surface area contributed by atoms with Crippen molar-refractivity contribution < 1.29 is 9.18 Å². The molecule has 2 heteroatoms. The zero-order chi connectivity index (χ0) is 12.5. The Labute approximate surface area is 102 Å². The number of unbranched alkanes of at least 4 members (excludes halogenated alkanes) is 4. The Balaban J connectivity index is 2.33. The van der Waals surface area contributed by atoms with Crippen molar-refractivity contribution in [3.63, 3.8) is 0 Å².